The Balaban J connectivity index is 1.86. The molecule has 1 N–H and O–H groups in total. The van der Waals surface area contributed by atoms with Gasteiger partial charge in [0.15, 0.2) is 5.82 Å². The highest BCUT2D eigenvalue weighted by Crippen LogP contribution is 2.42. The molecule has 0 saturated carbocycles. The number of aliphatic hydroxyl groups is 1. The van der Waals surface area contributed by atoms with Gasteiger partial charge in [-0.3, -0.25) is 14.5 Å². The highest BCUT2D eigenvalue weighted by molar-refractivity contribution is 7.99. The van der Waals surface area contributed by atoms with Crippen LogP contribution in [0.5, 0.6) is 0 Å². The number of nitrogens with zero attached hydrogens (tertiary/aromatic N) is 3. The number of carbonyl (C=O) groups excluding carboxylic acids is 2. The summed E-state index contributed by atoms with van der Waals surface area (Å²) in [5.41, 5.74) is 3.05. The topological polar surface area (TPSA) is 83.4 Å². The van der Waals surface area contributed by atoms with Crippen LogP contribution >= 0.6 is 11.8 Å². The van der Waals surface area contributed by atoms with E-state index >= 15 is 0 Å². The van der Waals surface area contributed by atoms with Crippen LogP contribution in [0.3, 0.4) is 0 Å². The molecule has 1 saturated heterocycles. The number of aliphatic hydroxyl groups excluding tert-OH is 1. The van der Waals surface area contributed by atoms with Crippen molar-refractivity contribution in [2.75, 3.05) is 4.90 Å². The Morgan fingerprint density at radius 2 is 1.57 bits per heavy atom. The Bertz CT molecular complexity index is 1260. The number of carbonyl (C=O) groups is 2. The van der Waals surface area contributed by atoms with Gasteiger partial charge in [-0.25, -0.2) is 0 Å². The van der Waals surface area contributed by atoms with E-state index in [0.29, 0.717) is 28.0 Å². The van der Waals surface area contributed by atoms with Gasteiger partial charge in [-0.05, 0) is 48.2 Å². The van der Waals surface area contributed by atoms with E-state index in [0.717, 1.165) is 10.5 Å². The molecule has 0 spiro atoms. The van der Waals surface area contributed by atoms with Crippen LogP contribution in [0.25, 0.3) is 5.76 Å². The average molecular weight is 488 g/mol. The minimum atomic E-state index is -0.824. The largest absolute Gasteiger partial charge is 0.507 e. The summed E-state index contributed by atoms with van der Waals surface area (Å²) in [6.07, 6.45) is 0. The molecule has 1 atom stereocenters. The zero-order valence-corrected chi connectivity index (χ0v) is 21.3. The number of anilines is 1. The molecule has 0 radical (unpaired) electrons. The van der Waals surface area contributed by atoms with Gasteiger partial charge in [-0.1, -0.05) is 64.1 Å². The summed E-state index contributed by atoms with van der Waals surface area (Å²) in [4.78, 5) is 28.9. The summed E-state index contributed by atoms with van der Waals surface area (Å²) in [6.45, 7) is 10.2. The van der Waals surface area contributed by atoms with E-state index in [1.54, 1.807) is 43.0 Å². The molecule has 1 aromatic heterocycles. The number of Topliss-reactive ketones (excluding diaryl/α,β-unsaturated/α-hetero) is 1. The van der Waals surface area contributed by atoms with Gasteiger partial charge >= 0.3 is 5.91 Å². The molecule has 4 rings (SSSR count). The molecule has 0 bridgehead atoms. The predicted molar refractivity (Wildman–Crippen MR) is 140 cm³/mol. The first-order chi connectivity index (χ1) is 16.7. The van der Waals surface area contributed by atoms with Gasteiger partial charge in [0.25, 0.3) is 5.78 Å². The maximum atomic E-state index is 13.3. The van der Waals surface area contributed by atoms with E-state index in [9.17, 15) is 14.7 Å². The van der Waals surface area contributed by atoms with E-state index in [1.807, 2.05) is 36.4 Å². The van der Waals surface area contributed by atoms with Gasteiger partial charge in [0.1, 0.15) is 5.76 Å². The Labute approximate surface area is 210 Å². The standard InChI is InChI=1S/C28H29N3O3S/c1-16(2)19-7-9-21(10-8-19)26(32)24-25(20-11-13-22(14-12-20)35-17(3)4)31(28(34)27(24)33)23-15-6-18(5)29-30-23/h6-17,25,32H,1-5H3. The van der Waals surface area contributed by atoms with Gasteiger partial charge in [-0.2, -0.15) is 5.10 Å². The predicted octanol–water partition coefficient (Wildman–Crippen LogP) is 6.04. The zero-order valence-electron chi connectivity index (χ0n) is 20.5. The van der Waals surface area contributed by atoms with Gasteiger partial charge in [-0.15, -0.1) is 16.9 Å². The lowest BCUT2D eigenvalue weighted by Gasteiger charge is -2.24. The van der Waals surface area contributed by atoms with Gasteiger partial charge in [0, 0.05) is 15.7 Å². The maximum Gasteiger partial charge on any atom is 0.301 e. The number of aromatic nitrogens is 2. The van der Waals surface area contributed by atoms with E-state index in [-0.39, 0.29) is 17.2 Å². The monoisotopic (exact) mass is 487 g/mol. The van der Waals surface area contributed by atoms with E-state index in [1.165, 1.54) is 4.90 Å². The molecule has 1 aliphatic heterocycles. The van der Waals surface area contributed by atoms with E-state index in [4.69, 9.17) is 0 Å². The van der Waals surface area contributed by atoms with Gasteiger partial charge < -0.3 is 5.11 Å². The number of thioether (sulfide) groups is 1. The van der Waals surface area contributed by atoms with Crippen LogP contribution < -0.4 is 4.90 Å². The molecule has 2 heterocycles. The molecule has 180 valence electrons. The second kappa shape index (κ2) is 10.0. The molecule has 2 aromatic carbocycles. The Kier molecular flexibility index (Phi) is 7.08. The van der Waals surface area contributed by atoms with Crippen LogP contribution in [-0.2, 0) is 9.59 Å². The van der Waals surface area contributed by atoms with Gasteiger partial charge in [0.2, 0.25) is 0 Å². The first-order valence-corrected chi connectivity index (χ1v) is 12.5. The summed E-state index contributed by atoms with van der Waals surface area (Å²) < 4.78 is 0. The number of benzene rings is 2. The van der Waals surface area contributed by atoms with Crippen molar-refractivity contribution in [2.24, 2.45) is 0 Å². The highest BCUT2D eigenvalue weighted by Gasteiger charge is 2.47. The molecule has 1 aliphatic rings. The molecule has 1 fully saturated rings. The first-order valence-electron chi connectivity index (χ1n) is 11.7. The van der Waals surface area contributed by atoms with Crippen LogP contribution in [0.1, 0.15) is 62.0 Å². The van der Waals surface area contributed by atoms with Gasteiger partial charge in [0.05, 0.1) is 17.3 Å². The first kappa shape index (κ1) is 24.7. The molecular weight excluding hydrogens is 458 g/mol. The minimum absolute atomic E-state index is 0.0407. The number of amides is 1. The molecule has 1 unspecified atom stereocenters. The highest BCUT2D eigenvalue weighted by atomic mass is 32.2. The summed E-state index contributed by atoms with van der Waals surface area (Å²) in [7, 11) is 0. The molecular formula is C28H29N3O3S. The summed E-state index contributed by atoms with van der Waals surface area (Å²) in [5.74, 6) is -1.10. The lowest BCUT2D eigenvalue weighted by molar-refractivity contribution is -0.132. The minimum Gasteiger partial charge on any atom is -0.507 e. The van der Waals surface area contributed by atoms with Crippen molar-refractivity contribution < 1.29 is 14.7 Å². The van der Waals surface area contributed by atoms with E-state index in [2.05, 4.69) is 37.9 Å². The molecule has 0 aliphatic carbocycles. The molecule has 6 nitrogen and oxygen atoms in total. The van der Waals surface area contributed by atoms with Crippen molar-refractivity contribution in [2.45, 2.75) is 56.7 Å². The van der Waals surface area contributed by atoms with Crippen molar-refractivity contribution in [1.29, 1.82) is 0 Å². The third-order valence-electron chi connectivity index (χ3n) is 5.89. The number of rotatable bonds is 6. The number of ketones is 1. The van der Waals surface area contributed by atoms with Crippen molar-refractivity contribution in [1.82, 2.24) is 10.2 Å². The van der Waals surface area contributed by atoms with E-state index < -0.39 is 17.7 Å². The van der Waals surface area contributed by atoms with Crippen LogP contribution in [0.2, 0.25) is 0 Å². The number of aryl methyl sites for hydroxylation is 1. The second-order valence-electron chi connectivity index (χ2n) is 9.21. The summed E-state index contributed by atoms with van der Waals surface area (Å²) >= 11 is 1.73. The van der Waals surface area contributed by atoms with Crippen LogP contribution in [0.15, 0.2) is 71.1 Å². The summed E-state index contributed by atoms with van der Waals surface area (Å²) in [6, 6.07) is 17.7. The van der Waals surface area contributed by atoms with Crippen molar-refractivity contribution in [3.63, 3.8) is 0 Å². The fraction of sp³-hybridized carbons (Fsp3) is 0.286. The number of hydrogen-bond donors (Lipinski definition) is 1. The SMILES string of the molecule is Cc1ccc(N2C(=O)C(=O)C(=C(O)c3ccc(C(C)C)cc3)C2c2ccc(SC(C)C)cc2)nn1. The molecule has 3 aromatic rings. The van der Waals surface area contributed by atoms with Crippen LogP contribution in [-0.4, -0.2) is 32.2 Å². The van der Waals surface area contributed by atoms with Crippen LogP contribution in [0.4, 0.5) is 5.82 Å². The average Bonchev–Trinajstić information content (AvgIpc) is 3.10. The molecule has 7 heteroatoms. The Hall–Kier alpha value is -3.45. The number of hydrogen-bond acceptors (Lipinski definition) is 6. The lowest BCUT2D eigenvalue weighted by atomic mass is 9.94. The summed E-state index contributed by atoms with van der Waals surface area (Å²) in [5, 5.41) is 20.0. The van der Waals surface area contributed by atoms with Crippen molar-refractivity contribution in [3.8, 4) is 0 Å². The second-order valence-corrected chi connectivity index (χ2v) is 10.9. The fourth-order valence-electron chi connectivity index (χ4n) is 4.09. The molecule has 1 amide bonds. The van der Waals surface area contributed by atoms with Crippen molar-refractivity contribution in [3.05, 3.63) is 88.6 Å². The smallest absolute Gasteiger partial charge is 0.301 e. The third kappa shape index (κ3) is 5.00. The fourth-order valence-corrected chi connectivity index (χ4v) is 4.92. The maximum absolute atomic E-state index is 13.3. The zero-order chi connectivity index (χ0) is 25.3. The van der Waals surface area contributed by atoms with Crippen LogP contribution in [0, 0.1) is 6.92 Å². The quantitative estimate of drug-likeness (QED) is 0.198. The Morgan fingerprint density at radius 1 is 0.914 bits per heavy atom. The van der Waals surface area contributed by atoms with Crippen molar-refractivity contribution >= 4 is 35.0 Å². The normalized spacial score (nSPS) is 17.6. The lowest BCUT2D eigenvalue weighted by Crippen LogP contribution is -2.30. The Morgan fingerprint density at radius 3 is 2.11 bits per heavy atom. The molecule has 35 heavy (non-hydrogen) atoms. The third-order valence-corrected chi connectivity index (χ3v) is 6.91.